The number of hydrogen-bond acceptors (Lipinski definition) is 4. The van der Waals surface area contributed by atoms with Gasteiger partial charge in [-0.25, -0.2) is 4.98 Å². The van der Waals surface area contributed by atoms with E-state index < -0.39 is 0 Å². The molecule has 0 aliphatic carbocycles. The fourth-order valence-electron chi connectivity index (χ4n) is 1.75. The molecule has 1 saturated heterocycles. The van der Waals surface area contributed by atoms with Crippen LogP contribution in [0, 0.1) is 0 Å². The predicted molar refractivity (Wildman–Crippen MR) is 66.7 cm³/mol. The van der Waals surface area contributed by atoms with E-state index in [4.69, 9.17) is 4.74 Å². The molecule has 2 heterocycles. The van der Waals surface area contributed by atoms with Gasteiger partial charge in [0.15, 0.2) is 0 Å². The highest BCUT2D eigenvalue weighted by atomic mass is 32.2. The molecular formula is C12H18N2OS. The van der Waals surface area contributed by atoms with Gasteiger partial charge in [-0.2, -0.15) is 0 Å². The van der Waals surface area contributed by atoms with Crippen LogP contribution in [-0.2, 0) is 11.3 Å². The van der Waals surface area contributed by atoms with Gasteiger partial charge >= 0.3 is 0 Å². The number of rotatable bonds is 4. The fraction of sp³-hybridized carbons (Fsp3) is 0.583. The summed E-state index contributed by atoms with van der Waals surface area (Å²) in [5.41, 5.74) is 1.24. The highest BCUT2D eigenvalue weighted by Crippen LogP contribution is 2.28. The van der Waals surface area contributed by atoms with Crippen molar-refractivity contribution >= 4 is 11.8 Å². The molecule has 0 bridgehead atoms. The number of pyridine rings is 1. The van der Waals surface area contributed by atoms with Gasteiger partial charge in [-0.1, -0.05) is 6.07 Å². The maximum Gasteiger partial charge on any atom is 0.0962 e. The Balaban J connectivity index is 1.88. The maximum absolute atomic E-state index is 5.35. The average Bonchev–Trinajstić information content (AvgIpc) is 2.33. The molecule has 4 heteroatoms. The largest absolute Gasteiger partial charge is 0.381 e. The molecule has 0 unspecified atom stereocenters. The van der Waals surface area contributed by atoms with Crippen molar-refractivity contribution in [3.05, 3.63) is 23.9 Å². The van der Waals surface area contributed by atoms with Gasteiger partial charge < -0.3 is 10.1 Å². The quantitative estimate of drug-likeness (QED) is 0.871. The molecule has 0 amide bonds. The van der Waals surface area contributed by atoms with E-state index in [0.717, 1.165) is 37.6 Å². The van der Waals surface area contributed by atoms with E-state index in [-0.39, 0.29) is 0 Å². The van der Waals surface area contributed by atoms with Crippen LogP contribution in [-0.4, -0.2) is 30.5 Å². The highest BCUT2D eigenvalue weighted by molar-refractivity contribution is 7.99. The maximum atomic E-state index is 5.35. The van der Waals surface area contributed by atoms with Crippen LogP contribution in [0.4, 0.5) is 0 Å². The van der Waals surface area contributed by atoms with Crippen molar-refractivity contribution in [3.63, 3.8) is 0 Å². The van der Waals surface area contributed by atoms with Crippen LogP contribution in [0.3, 0.4) is 0 Å². The first kappa shape index (κ1) is 11.9. The molecule has 0 radical (unpaired) electrons. The SMILES string of the molecule is CNCc1ccc(SC2CCOCC2)nc1. The summed E-state index contributed by atoms with van der Waals surface area (Å²) in [5, 5.41) is 4.93. The number of aromatic nitrogens is 1. The molecule has 0 atom stereocenters. The molecule has 88 valence electrons. The van der Waals surface area contributed by atoms with Crippen molar-refractivity contribution in [1.29, 1.82) is 0 Å². The van der Waals surface area contributed by atoms with Crippen molar-refractivity contribution in [1.82, 2.24) is 10.3 Å². The number of thioether (sulfide) groups is 1. The normalized spacial score (nSPS) is 17.6. The van der Waals surface area contributed by atoms with Crippen LogP contribution < -0.4 is 5.32 Å². The van der Waals surface area contributed by atoms with E-state index in [0.29, 0.717) is 5.25 Å². The Labute approximate surface area is 101 Å². The van der Waals surface area contributed by atoms with Gasteiger partial charge in [0.25, 0.3) is 0 Å². The lowest BCUT2D eigenvalue weighted by atomic mass is 10.2. The van der Waals surface area contributed by atoms with Gasteiger partial charge in [0.05, 0.1) is 5.03 Å². The minimum absolute atomic E-state index is 0.677. The Hall–Kier alpha value is -0.580. The van der Waals surface area contributed by atoms with E-state index in [2.05, 4.69) is 22.4 Å². The van der Waals surface area contributed by atoms with Gasteiger partial charge in [-0.05, 0) is 31.5 Å². The van der Waals surface area contributed by atoms with E-state index in [1.165, 1.54) is 5.56 Å². The molecule has 1 N–H and O–H groups in total. The summed E-state index contributed by atoms with van der Waals surface area (Å²) >= 11 is 1.88. The van der Waals surface area contributed by atoms with Crippen molar-refractivity contribution in [3.8, 4) is 0 Å². The zero-order valence-corrected chi connectivity index (χ0v) is 10.4. The van der Waals surface area contributed by atoms with Gasteiger partial charge in [0.1, 0.15) is 0 Å². The molecule has 1 aliphatic heterocycles. The second-order valence-corrected chi connectivity index (χ2v) is 5.29. The Morgan fingerprint density at radius 1 is 1.44 bits per heavy atom. The summed E-state index contributed by atoms with van der Waals surface area (Å²) in [6.07, 6.45) is 4.24. The van der Waals surface area contributed by atoms with E-state index in [1.807, 2.05) is 25.0 Å². The number of ether oxygens (including phenoxy) is 1. The lowest BCUT2D eigenvalue weighted by molar-refractivity contribution is 0.1000. The molecule has 1 fully saturated rings. The number of hydrogen-bond donors (Lipinski definition) is 1. The third-order valence-electron chi connectivity index (χ3n) is 2.63. The van der Waals surface area contributed by atoms with Crippen LogP contribution in [0.15, 0.2) is 23.4 Å². The minimum atomic E-state index is 0.677. The van der Waals surface area contributed by atoms with Gasteiger partial charge in [-0.15, -0.1) is 11.8 Å². The Morgan fingerprint density at radius 2 is 2.25 bits per heavy atom. The highest BCUT2D eigenvalue weighted by Gasteiger charge is 2.15. The molecule has 0 aromatic carbocycles. The van der Waals surface area contributed by atoms with E-state index >= 15 is 0 Å². The summed E-state index contributed by atoms with van der Waals surface area (Å²) < 4.78 is 5.35. The Kier molecular flexibility index (Phi) is 4.63. The second kappa shape index (κ2) is 6.23. The molecule has 3 nitrogen and oxygen atoms in total. The van der Waals surface area contributed by atoms with Crippen LogP contribution in [0.5, 0.6) is 0 Å². The Morgan fingerprint density at radius 3 is 2.88 bits per heavy atom. The monoisotopic (exact) mass is 238 g/mol. The van der Waals surface area contributed by atoms with Crippen molar-refractivity contribution in [2.45, 2.75) is 29.7 Å². The number of nitrogens with one attached hydrogen (secondary N) is 1. The summed E-state index contributed by atoms with van der Waals surface area (Å²) in [4.78, 5) is 4.47. The zero-order valence-electron chi connectivity index (χ0n) is 9.61. The third kappa shape index (κ3) is 3.47. The molecule has 16 heavy (non-hydrogen) atoms. The van der Waals surface area contributed by atoms with Crippen LogP contribution in [0.1, 0.15) is 18.4 Å². The molecule has 2 rings (SSSR count). The second-order valence-electron chi connectivity index (χ2n) is 3.96. The summed E-state index contributed by atoms with van der Waals surface area (Å²) in [6, 6.07) is 4.26. The molecule has 0 saturated carbocycles. The standard InChI is InChI=1S/C12H18N2OS/c1-13-8-10-2-3-12(14-9-10)16-11-4-6-15-7-5-11/h2-3,9,11,13H,4-8H2,1H3. The molecule has 1 aromatic heterocycles. The van der Waals surface area contributed by atoms with Crippen molar-refractivity contribution in [2.24, 2.45) is 0 Å². The summed E-state index contributed by atoms with van der Waals surface area (Å²) in [6.45, 7) is 2.68. The lowest BCUT2D eigenvalue weighted by Gasteiger charge is -2.20. The van der Waals surface area contributed by atoms with E-state index in [1.54, 1.807) is 0 Å². The van der Waals surface area contributed by atoms with Crippen molar-refractivity contribution in [2.75, 3.05) is 20.3 Å². The first-order chi connectivity index (χ1) is 7.88. The Bertz CT molecular complexity index is 309. The van der Waals surface area contributed by atoms with E-state index in [9.17, 15) is 0 Å². The first-order valence-corrected chi connectivity index (χ1v) is 6.60. The average molecular weight is 238 g/mol. The predicted octanol–water partition coefficient (Wildman–Crippen LogP) is 2.07. The van der Waals surface area contributed by atoms with Gasteiger partial charge in [0, 0.05) is 31.2 Å². The summed E-state index contributed by atoms with van der Waals surface area (Å²) in [5.74, 6) is 0. The van der Waals surface area contributed by atoms with Crippen LogP contribution in [0.25, 0.3) is 0 Å². The third-order valence-corrected chi connectivity index (χ3v) is 3.92. The first-order valence-electron chi connectivity index (χ1n) is 5.72. The molecule has 1 aromatic rings. The zero-order chi connectivity index (χ0) is 11.2. The van der Waals surface area contributed by atoms with Crippen LogP contribution in [0.2, 0.25) is 0 Å². The number of nitrogens with zero attached hydrogens (tertiary/aromatic N) is 1. The van der Waals surface area contributed by atoms with Crippen molar-refractivity contribution < 1.29 is 4.74 Å². The van der Waals surface area contributed by atoms with Crippen LogP contribution >= 0.6 is 11.8 Å². The fourth-order valence-corrected chi connectivity index (χ4v) is 2.78. The smallest absolute Gasteiger partial charge is 0.0962 e. The topological polar surface area (TPSA) is 34.1 Å². The molecular weight excluding hydrogens is 220 g/mol. The molecule has 1 aliphatic rings. The van der Waals surface area contributed by atoms with Gasteiger partial charge in [-0.3, -0.25) is 0 Å². The lowest BCUT2D eigenvalue weighted by Crippen LogP contribution is -2.17. The molecule has 0 spiro atoms. The minimum Gasteiger partial charge on any atom is -0.381 e. The van der Waals surface area contributed by atoms with Gasteiger partial charge in [0.2, 0.25) is 0 Å². The summed E-state index contributed by atoms with van der Waals surface area (Å²) in [7, 11) is 1.95.